The van der Waals surface area contributed by atoms with E-state index in [0.717, 1.165) is 59.2 Å². The Bertz CT molecular complexity index is 1520. The Labute approximate surface area is 220 Å². The molecular weight excluding hydrogens is 508 g/mol. The highest BCUT2D eigenvalue weighted by molar-refractivity contribution is 7.89. The number of aryl methyl sites for hydroxylation is 1. The number of ether oxygens (including phenoxy) is 1. The minimum Gasteiger partial charge on any atom is -0.489 e. The molecule has 1 fully saturated rings. The summed E-state index contributed by atoms with van der Waals surface area (Å²) in [5, 5.41) is 8.14. The van der Waals surface area contributed by atoms with Crippen molar-refractivity contribution in [2.45, 2.75) is 63.0 Å². The van der Waals surface area contributed by atoms with Crippen LogP contribution in [0.3, 0.4) is 0 Å². The summed E-state index contributed by atoms with van der Waals surface area (Å²) in [4.78, 5) is 16.1. The fourth-order valence-corrected chi connectivity index (χ4v) is 7.00. The molecule has 1 saturated carbocycles. The van der Waals surface area contributed by atoms with E-state index in [1.54, 1.807) is 24.3 Å². The van der Waals surface area contributed by atoms with Crippen LogP contribution in [0.4, 0.5) is 0 Å². The van der Waals surface area contributed by atoms with Crippen molar-refractivity contribution in [2.75, 3.05) is 0 Å². The first-order valence-electron chi connectivity index (χ1n) is 12.5. The van der Waals surface area contributed by atoms with Gasteiger partial charge in [-0.15, -0.1) is 0 Å². The molecule has 0 spiro atoms. The number of nitrogens with one attached hydrogen (secondary N) is 2. The van der Waals surface area contributed by atoms with Crippen molar-refractivity contribution < 1.29 is 13.2 Å². The van der Waals surface area contributed by atoms with Gasteiger partial charge in [-0.05, 0) is 62.1 Å². The summed E-state index contributed by atoms with van der Waals surface area (Å²) < 4.78 is 35.5. The number of para-hydroxylation sites is 1. The normalized spacial score (nSPS) is 15.6. The molecule has 37 heavy (non-hydrogen) atoms. The quantitative estimate of drug-likeness (QED) is 0.318. The summed E-state index contributed by atoms with van der Waals surface area (Å²) in [7, 11) is -3.77. The lowest BCUT2D eigenvalue weighted by Crippen LogP contribution is -2.42. The highest BCUT2D eigenvalue weighted by Crippen LogP contribution is 2.29. The lowest BCUT2D eigenvalue weighted by Gasteiger charge is -2.30. The van der Waals surface area contributed by atoms with Crippen LogP contribution in [0, 0.1) is 12.8 Å². The molecule has 0 bridgehead atoms. The van der Waals surface area contributed by atoms with Crippen LogP contribution < -0.4 is 14.3 Å². The molecule has 8 nitrogen and oxygen atoms in total. The van der Waals surface area contributed by atoms with Gasteiger partial charge in [0, 0.05) is 29.1 Å². The van der Waals surface area contributed by atoms with Crippen molar-refractivity contribution in [1.82, 2.24) is 19.9 Å². The number of fused-ring (bicyclic) bond motifs is 1. The van der Waals surface area contributed by atoms with Crippen LogP contribution in [-0.2, 0) is 23.1 Å². The first-order chi connectivity index (χ1) is 17.9. The van der Waals surface area contributed by atoms with E-state index in [-0.39, 0.29) is 21.7 Å². The fraction of sp³-hybridized carbons (Fsp3) is 0.370. The van der Waals surface area contributed by atoms with E-state index in [9.17, 15) is 13.2 Å². The maximum Gasteiger partial charge on any atom is 0.322 e. The van der Waals surface area contributed by atoms with Crippen LogP contribution in [0.25, 0.3) is 10.9 Å². The van der Waals surface area contributed by atoms with E-state index in [4.69, 9.17) is 4.74 Å². The number of benzene rings is 2. The molecule has 194 valence electrons. The summed E-state index contributed by atoms with van der Waals surface area (Å²) in [6, 6.07) is 16.1. The van der Waals surface area contributed by atoms with Gasteiger partial charge in [-0.2, -0.15) is 5.10 Å². The molecule has 1 unspecified atom stereocenters. The topological polar surface area (TPSA) is 114 Å². The fourth-order valence-electron chi connectivity index (χ4n) is 5.03. The maximum atomic E-state index is 13.3. The second kappa shape index (κ2) is 11.1. The predicted molar refractivity (Wildman–Crippen MR) is 144 cm³/mol. The van der Waals surface area contributed by atoms with Gasteiger partial charge in [-0.25, -0.2) is 18.2 Å². The highest BCUT2D eigenvalue weighted by Gasteiger charge is 2.29. The van der Waals surface area contributed by atoms with E-state index in [1.807, 2.05) is 37.3 Å². The van der Waals surface area contributed by atoms with Gasteiger partial charge in [-0.1, -0.05) is 48.8 Å². The van der Waals surface area contributed by atoms with E-state index >= 15 is 0 Å². The average molecular weight is 539 g/mol. The SMILES string of the molecule is Cc1cc(COc2ccc(S(=O)(=O)NC(Cc3n[nH]c(=O)s3)C3CCCCC3)cc2)c2ccccc2n1. The Morgan fingerprint density at radius 2 is 1.86 bits per heavy atom. The molecule has 2 N–H and O–H groups in total. The maximum absolute atomic E-state index is 13.3. The number of aromatic amines is 1. The van der Waals surface area contributed by atoms with Crippen LogP contribution in [0.1, 0.15) is 48.4 Å². The largest absolute Gasteiger partial charge is 0.489 e. The van der Waals surface area contributed by atoms with Gasteiger partial charge in [0.05, 0.1) is 10.4 Å². The molecule has 2 heterocycles. The van der Waals surface area contributed by atoms with Crippen molar-refractivity contribution in [1.29, 1.82) is 0 Å². The molecule has 0 radical (unpaired) electrons. The Hall–Kier alpha value is -3.08. The zero-order valence-corrected chi connectivity index (χ0v) is 22.3. The van der Waals surface area contributed by atoms with Crippen molar-refractivity contribution in [3.8, 4) is 5.75 Å². The lowest BCUT2D eigenvalue weighted by molar-refractivity contribution is 0.288. The van der Waals surface area contributed by atoms with Gasteiger partial charge >= 0.3 is 4.87 Å². The molecule has 10 heteroatoms. The zero-order chi connectivity index (χ0) is 25.8. The van der Waals surface area contributed by atoms with Crippen LogP contribution in [0.15, 0.2) is 64.3 Å². The standard InChI is InChI=1S/C27H30N4O4S2/c1-18-15-20(23-9-5-6-10-24(23)28-18)17-35-21-11-13-22(14-12-21)37(33,34)31-25(19-7-3-2-4-8-19)16-26-29-30-27(32)36-26/h5-6,9-15,19,25,31H,2-4,7-8,16-17H2,1H3,(H,30,32). The number of sulfonamides is 1. The van der Waals surface area contributed by atoms with E-state index in [2.05, 4.69) is 19.9 Å². The van der Waals surface area contributed by atoms with Crippen LogP contribution >= 0.6 is 11.3 Å². The van der Waals surface area contributed by atoms with Gasteiger partial charge in [0.25, 0.3) is 0 Å². The number of aromatic nitrogens is 3. The summed E-state index contributed by atoms with van der Waals surface area (Å²) in [5.41, 5.74) is 2.86. The van der Waals surface area contributed by atoms with Crippen molar-refractivity contribution in [3.63, 3.8) is 0 Å². The third-order valence-electron chi connectivity index (χ3n) is 6.86. The number of H-pyrrole nitrogens is 1. The van der Waals surface area contributed by atoms with Gasteiger partial charge in [0.2, 0.25) is 10.0 Å². The number of hydrogen-bond acceptors (Lipinski definition) is 7. The predicted octanol–water partition coefficient (Wildman–Crippen LogP) is 4.74. The number of pyridine rings is 1. The van der Waals surface area contributed by atoms with E-state index in [1.165, 1.54) is 6.42 Å². The molecular formula is C27H30N4O4S2. The number of hydrogen-bond donors (Lipinski definition) is 2. The Morgan fingerprint density at radius 1 is 1.11 bits per heavy atom. The Morgan fingerprint density at radius 3 is 2.59 bits per heavy atom. The minimum atomic E-state index is -3.77. The summed E-state index contributed by atoms with van der Waals surface area (Å²) >= 11 is 1.03. The summed E-state index contributed by atoms with van der Waals surface area (Å²) in [6.45, 7) is 2.31. The molecule has 2 aromatic heterocycles. The smallest absolute Gasteiger partial charge is 0.322 e. The van der Waals surface area contributed by atoms with Crippen LogP contribution in [0.5, 0.6) is 5.75 Å². The Balaban J connectivity index is 1.29. The van der Waals surface area contributed by atoms with Gasteiger partial charge in [-0.3, -0.25) is 9.78 Å². The monoisotopic (exact) mass is 538 g/mol. The average Bonchev–Trinajstić information content (AvgIpc) is 3.32. The highest BCUT2D eigenvalue weighted by atomic mass is 32.2. The van der Waals surface area contributed by atoms with Crippen molar-refractivity contribution in [2.24, 2.45) is 5.92 Å². The van der Waals surface area contributed by atoms with Crippen LogP contribution in [-0.4, -0.2) is 29.6 Å². The number of rotatable bonds is 9. The van der Waals surface area contributed by atoms with E-state index in [0.29, 0.717) is 23.8 Å². The van der Waals surface area contributed by atoms with Crippen molar-refractivity contribution >= 4 is 32.3 Å². The third kappa shape index (κ3) is 6.26. The second-order valence-corrected chi connectivity index (χ2v) is 12.3. The lowest BCUT2D eigenvalue weighted by atomic mass is 9.83. The molecule has 4 aromatic rings. The summed E-state index contributed by atoms with van der Waals surface area (Å²) in [5.74, 6) is 0.798. The molecule has 1 aliphatic carbocycles. The van der Waals surface area contributed by atoms with Crippen LogP contribution in [0.2, 0.25) is 0 Å². The zero-order valence-electron chi connectivity index (χ0n) is 20.6. The van der Waals surface area contributed by atoms with Gasteiger partial charge < -0.3 is 4.74 Å². The first kappa shape index (κ1) is 25.6. The Kier molecular flexibility index (Phi) is 7.68. The van der Waals surface area contributed by atoms with Crippen molar-refractivity contribution in [3.05, 3.63) is 80.5 Å². The van der Waals surface area contributed by atoms with Gasteiger partial charge in [0.15, 0.2) is 0 Å². The minimum absolute atomic E-state index is 0.182. The molecule has 1 aliphatic rings. The molecule has 0 saturated heterocycles. The molecule has 2 aromatic carbocycles. The number of nitrogens with zero attached hydrogens (tertiary/aromatic N) is 2. The second-order valence-electron chi connectivity index (χ2n) is 9.54. The molecule has 0 amide bonds. The molecule has 5 rings (SSSR count). The van der Waals surface area contributed by atoms with E-state index < -0.39 is 10.0 Å². The molecule has 0 aliphatic heterocycles. The molecule has 1 atom stereocenters. The third-order valence-corrected chi connectivity index (χ3v) is 9.14. The van der Waals surface area contributed by atoms with Gasteiger partial charge in [0.1, 0.15) is 17.4 Å². The summed E-state index contributed by atoms with van der Waals surface area (Å²) in [6.07, 6.45) is 5.65. The first-order valence-corrected chi connectivity index (χ1v) is 14.8.